The molecule has 1 aliphatic rings. The second kappa shape index (κ2) is 10.5. The molecular formula is C29H29N5O4. The molecule has 9 heteroatoms. The number of aromatic amines is 1. The molecular weight excluding hydrogens is 482 g/mol. The van der Waals surface area contributed by atoms with Crippen LogP contribution in [-0.4, -0.2) is 44.6 Å². The molecule has 5 rings (SSSR count). The number of rotatable bonds is 7. The molecule has 1 aliphatic heterocycles. The highest BCUT2D eigenvalue weighted by Crippen LogP contribution is 2.34. The summed E-state index contributed by atoms with van der Waals surface area (Å²) >= 11 is 0. The van der Waals surface area contributed by atoms with Crippen molar-refractivity contribution in [2.45, 2.75) is 32.7 Å². The molecule has 0 bridgehead atoms. The number of aromatic nitrogens is 1. The van der Waals surface area contributed by atoms with Gasteiger partial charge in [0, 0.05) is 48.6 Å². The van der Waals surface area contributed by atoms with Gasteiger partial charge in [-0.3, -0.25) is 14.9 Å². The van der Waals surface area contributed by atoms with Crippen molar-refractivity contribution in [1.82, 2.24) is 9.88 Å². The fourth-order valence-corrected chi connectivity index (χ4v) is 4.93. The van der Waals surface area contributed by atoms with Gasteiger partial charge >= 0.3 is 0 Å². The quantitative estimate of drug-likeness (QED) is 0.187. The number of aliphatic imine (C=N–C) groups is 1. The summed E-state index contributed by atoms with van der Waals surface area (Å²) < 4.78 is 0. The number of carbonyl (C=O) groups excluding carboxylic acids is 1. The predicted molar refractivity (Wildman–Crippen MR) is 147 cm³/mol. The van der Waals surface area contributed by atoms with Crippen LogP contribution in [0.2, 0.25) is 0 Å². The molecule has 0 unspecified atom stereocenters. The SMILES string of the molecule is CC(=O)N1CCc2cc(N=C(c3ccc(CCCN)cc3)c3c(O)[nH]c4ccc([N+](=O)[O-])cc34)ccc2C1. The Bertz CT molecular complexity index is 1560. The number of nitrogens with two attached hydrogens (primary N) is 1. The number of aryl methyl sites for hydroxylation is 1. The van der Waals surface area contributed by atoms with Crippen LogP contribution in [0, 0.1) is 10.1 Å². The van der Waals surface area contributed by atoms with E-state index in [0.29, 0.717) is 47.5 Å². The highest BCUT2D eigenvalue weighted by Gasteiger charge is 2.22. The molecule has 1 aromatic heterocycles. The van der Waals surface area contributed by atoms with Crippen LogP contribution in [0.3, 0.4) is 0 Å². The van der Waals surface area contributed by atoms with E-state index in [1.807, 2.05) is 47.4 Å². The standard InChI is InChI=1S/C29H29N5O4/c1-18(35)33-14-12-21-15-23(9-8-22(21)17-33)31-28(20-6-4-19(5-7-20)3-2-13-30)27-25-16-24(34(37)38)10-11-26(25)32-29(27)36/h4-11,15-16,32,36H,2-3,12-14,17,30H2,1H3. The van der Waals surface area contributed by atoms with Crippen molar-refractivity contribution in [3.8, 4) is 5.88 Å². The van der Waals surface area contributed by atoms with Crippen LogP contribution in [0.25, 0.3) is 10.9 Å². The van der Waals surface area contributed by atoms with Gasteiger partial charge in [0.15, 0.2) is 5.88 Å². The molecule has 0 spiro atoms. The minimum Gasteiger partial charge on any atom is -0.494 e. The summed E-state index contributed by atoms with van der Waals surface area (Å²) in [6.45, 7) is 3.41. The Labute approximate surface area is 219 Å². The van der Waals surface area contributed by atoms with E-state index >= 15 is 0 Å². The van der Waals surface area contributed by atoms with Crippen molar-refractivity contribution in [3.05, 3.63) is 98.6 Å². The van der Waals surface area contributed by atoms with Gasteiger partial charge in [-0.1, -0.05) is 30.3 Å². The van der Waals surface area contributed by atoms with Crippen molar-refractivity contribution < 1.29 is 14.8 Å². The summed E-state index contributed by atoms with van der Waals surface area (Å²) in [5.74, 6) is -0.0552. The number of nitro groups is 1. The average Bonchev–Trinajstić information content (AvgIpc) is 3.25. The fourth-order valence-electron chi connectivity index (χ4n) is 4.93. The first-order chi connectivity index (χ1) is 18.3. The lowest BCUT2D eigenvalue weighted by atomic mass is 9.97. The number of hydrogen-bond donors (Lipinski definition) is 3. The molecule has 0 radical (unpaired) electrons. The second-order valence-electron chi connectivity index (χ2n) is 9.53. The highest BCUT2D eigenvalue weighted by molar-refractivity contribution is 6.22. The van der Waals surface area contributed by atoms with Crippen molar-refractivity contribution in [3.63, 3.8) is 0 Å². The molecule has 0 fully saturated rings. The third-order valence-corrected chi connectivity index (χ3v) is 7.00. The first-order valence-electron chi connectivity index (χ1n) is 12.6. The van der Waals surface area contributed by atoms with Crippen LogP contribution in [0.4, 0.5) is 11.4 Å². The minimum atomic E-state index is -0.454. The lowest BCUT2D eigenvalue weighted by molar-refractivity contribution is -0.384. The Balaban J connectivity index is 1.63. The molecule has 1 amide bonds. The van der Waals surface area contributed by atoms with Gasteiger partial charge in [0.05, 0.1) is 21.9 Å². The number of nitrogens with one attached hydrogen (secondary N) is 1. The van der Waals surface area contributed by atoms with E-state index in [0.717, 1.165) is 41.5 Å². The zero-order valence-electron chi connectivity index (χ0n) is 21.1. The number of H-pyrrole nitrogens is 1. The number of hydrogen-bond acceptors (Lipinski definition) is 6. The molecule has 38 heavy (non-hydrogen) atoms. The van der Waals surface area contributed by atoms with E-state index in [2.05, 4.69) is 4.98 Å². The third-order valence-electron chi connectivity index (χ3n) is 7.00. The van der Waals surface area contributed by atoms with Gasteiger partial charge in [-0.25, -0.2) is 4.99 Å². The summed E-state index contributed by atoms with van der Waals surface area (Å²) in [5.41, 5.74) is 11.9. The average molecular weight is 512 g/mol. The van der Waals surface area contributed by atoms with E-state index in [1.54, 1.807) is 13.0 Å². The van der Waals surface area contributed by atoms with Gasteiger partial charge in [-0.05, 0) is 60.7 Å². The smallest absolute Gasteiger partial charge is 0.270 e. The summed E-state index contributed by atoms with van der Waals surface area (Å²) in [6.07, 6.45) is 2.47. The van der Waals surface area contributed by atoms with E-state index in [-0.39, 0.29) is 17.5 Å². The van der Waals surface area contributed by atoms with E-state index in [1.165, 1.54) is 12.1 Å². The summed E-state index contributed by atoms with van der Waals surface area (Å²) in [7, 11) is 0. The highest BCUT2D eigenvalue weighted by atomic mass is 16.6. The number of carbonyl (C=O) groups is 1. The molecule has 4 N–H and O–H groups in total. The number of aromatic hydroxyl groups is 1. The maximum atomic E-state index is 11.8. The third kappa shape index (κ3) is 5.01. The van der Waals surface area contributed by atoms with Crippen LogP contribution >= 0.6 is 0 Å². The summed E-state index contributed by atoms with van der Waals surface area (Å²) in [5, 5.41) is 23.0. The number of nitro benzene ring substituents is 1. The maximum Gasteiger partial charge on any atom is 0.270 e. The van der Waals surface area contributed by atoms with Crippen LogP contribution < -0.4 is 5.73 Å². The Kier molecular flexibility index (Phi) is 6.93. The van der Waals surface area contributed by atoms with E-state index in [4.69, 9.17) is 10.7 Å². The van der Waals surface area contributed by atoms with E-state index < -0.39 is 4.92 Å². The van der Waals surface area contributed by atoms with Crippen molar-refractivity contribution in [1.29, 1.82) is 0 Å². The molecule has 2 heterocycles. The number of fused-ring (bicyclic) bond motifs is 2. The Morgan fingerprint density at radius 3 is 2.63 bits per heavy atom. The van der Waals surface area contributed by atoms with E-state index in [9.17, 15) is 20.0 Å². The molecule has 0 aliphatic carbocycles. The van der Waals surface area contributed by atoms with Gasteiger partial charge in [-0.2, -0.15) is 0 Å². The Hall–Kier alpha value is -4.50. The van der Waals surface area contributed by atoms with Crippen molar-refractivity contribution >= 4 is 33.9 Å². The first kappa shape index (κ1) is 25.2. The molecule has 0 saturated heterocycles. The zero-order chi connectivity index (χ0) is 26.8. The largest absolute Gasteiger partial charge is 0.494 e. The van der Waals surface area contributed by atoms with Crippen LogP contribution in [-0.2, 0) is 24.2 Å². The lowest BCUT2D eigenvalue weighted by Crippen LogP contribution is -2.34. The number of nitrogens with zero attached hydrogens (tertiary/aromatic N) is 3. The molecule has 9 nitrogen and oxygen atoms in total. The molecule has 0 saturated carbocycles. The minimum absolute atomic E-state index is 0.0545. The van der Waals surface area contributed by atoms with Gasteiger partial charge < -0.3 is 20.7 Å². The van der Waals surface area contributed by atoms with Gasteiger partial charge in [0.2, 0.25) is 5.91 Å². The number of non-ortho nitro benzene ring substituents is 1. The fraction of sp³-hybridized carbons (Fsp3) is 0.241. The summed E-state index contributed by atoms with van der Waals surface area (Å²) in [4.78, 5) is 32.6. The summed E-state index contributed by atoms with van der Waals surface area (Å²) in [6, 6.07) is 18.3. The molecule has 194 valence electrons. The van der Waals surface area contributed by atoms with Crippen molar-refractivity contribution in [2.75, 3.05) is 13.1 Å². The number of amides is 1. The normalized spacial score (nSPS) is 13.5. The van der Waals surface area contributed by atoms with Gasteiger partial charge in [-0.15, -0.1) is 0 Å². The van der Waals surface area contributed by atoms with Crippen LogP contribution in [0.5, 0.6) is 5.88 Å². The maximum absolute atomic E-state index is 11.8. The van der Waals surface area contributed by atoms with Crippen LogP contribution in [0.15, 0.2) is 65.7 Å². The van der Waals surface area contributed by atoms with Crippen molar-refractivity contribution in [2.24, 2.45) is 10.7 Å². The van der Waals surface area contributed by atoms with Crippen LogP contribution in [0.1, 0.15) is 41.2 Å². The topological polar surface area (TPSA) is 138 Å². The first-order valence-corrected chi connectivity index (χ1v) is 12.6. The monoisotopic (exact) mass is 511 g/mol. The molecule has 3 aromatic carbocycles. The number of benzene rings is 3. The lowest BCUT2D eigenvalue weighted by Gasteiger charge is -2.28. The Morgan fingerprint density at radius 2 is 1.92 bits per heavy atom. The van der Waals surface area contributed by atoms with Gasteiger partial charge in [0.25, 0.3) is 5.69 Å². The Morgan fingerprint density at radius 1 is 1.13 bits per heavy atom. The van der Waals surface area contributed by atoms with Gasteiger partial charge in [0.1, 0.15) is 0 Å². The zero-order valence-corrected chi connectivity index (χ0v) is 21.1. The molecule has 4 aromatic rings. The molecule has 0 atom stereocenters. The second-order valence-corrected chi connectivity index (χ2v) is 9.53. The predicted octanol–water partition coefficient (Wildman–Crippen LogP) is 4.75.